The number of rotatable bonds is 10. The number of anilines is 1. The summed E-state index contributed by atoms with van der Waals surface area (Å²) < 4.78 is 14.0. The highest BCUT2D eigenvalue weighted by Crippen LogP contribution is 2.31. The van der Waals surface area contributed by atoms with Crippen molar-refractivity contribution < 1.29 is 24.2 Å². The largest absolute Gasteiger partial charge is 0.477 e. The fourth-order valence-corrected chi connectivity index (χ4v) is 5.17. The number of methoxy groups -OCH3 is 2. The quantitative estimate of drug-likeness (QED) is 0.327. The van der Waals surface area contributed by atoms with Gasteiger partial charge in [-0.1, -0.05) is 31.4 Å². The first kappa shape index (κ1) is 26.5. The van der Waals surface area contributed by atoms with Crippen LogP contribution in [0.1, 0.15) is 42.5 Å². The number of nitrogens with zero attached hydrogens (tertiary/aromatic N) is 6. The summed E-state index contributed by atoms with van der Waals surface area (Å²) in [5, 5.41) is 19.3. The maximum absolute atomic E-state index is 13.8. The molecule has 39 heavy (non-hydrogen) atoms. The monoisotopic (exact) mass is 532 g/mol. The first-order valence-corrected chi connectivity index (χ1v) is 13.0. The minimum absolute atomic E-state index is 0.0631. The van der Waals surface area contributed by atoms with Gasteiger partial charge >= 0.3 is 5.97 Å². The van der Waals surface area contributed by atoms with E-state index >= 15 is 0 Å². The maximum atomic E-state index is 13.8. The number of aromatic nitrogens is 5. The van der Waals surface area contributed by atoms with E-state index in [2.05, 4.69) is 15.2 Å². The third-order valence-corrected chi connectivity index (χ3v) is 7.09. The molecule has 0 unspecified atom stereocenters. The predicted octanol–water partition coefficient (Wildman–Crippen LogP) is 3.85. The number of fused-ring (bicyclic) bond motifs is 1. The molecule has 0 atom stereocenters. The summed E-state index contributed by atoms with van der Waals surface area (Å²) in [7, 11) is 3.09. The molecule has 0 aliphatic heterocycles. The van der Waals surface area contributed by atoms with Gasteiger partial charge in [-0.15, -0.1) is 5.10 Å². The van der Waals surface area contributed by atoms with Crippen LogP contribution in [0.15, 0.2) is 55.0 Å². The smallest absolute Gasteiger partial charge is 0.341 e. The molecule has 1 fully saturated rings. The van der Waals surface area contributed by atoms with E-state index in [9.17, 15) is 14.7 Å². The van der Waals surface area contributed by atoms with Gasteiger partial charge in [0, 0.05) is 50.4 Å². The number of hydrogen-bond donors (Lipinski definition) is 1. The van der Waals surface area contributed by atoms with Crippen LogP contribution in [0.5, 0.6) is 0 Å². The van der Waals surface area contributed by atoms with E-state index in [1.807, 2.05) is 42.6 Å². The predicted molar refractivity (Wildman–Crippen MR) is 144 cm³/mol. The molecule has 0 radical (unpaired) electrons. The molecule has 1 amide bonds. The van der Waals surface area contributed by atoms with Gasteiger partial charge in [0.1, 0.15) is 5.56 Å². The van der Waals surface area contributed by atoms with Crippen molar-refractivity contribution in [3.63, 3.8) is 0 Å². The molecule has 11 nitrogen and oxygen atoms in total. The lowest BCUT2D eigenvalue weighted by Crippen LogP contribution is -2.49. The molecule has 5 rings (SSSR count). The number of aromatic carboxylic acids is 1. The summed E-state index contributed by atoms with van der Waals surface area (Å²) in [5.41, 5.74) is 2.97. The number of carboxylic acids is 1. The Bertz CT molecular complexity index is 1400. The molecule has 1 aliphatic rings. The summed E-state index contributed by atoms with van der Waals surface area (Å²) in [5.74, 6) is -1.41. The van der Waals surface area contributed by atoms with Crippen molar-refractivity contribution in [3.05, 3.63) is 60.6 Å². The standard InChI is InChI=1S/C28H32N6O5/c1-38-17-22(18-39-2)34(27(35)20-7-4-3-5-8-20)26-23(28(36)37)16-33(31-26)21-11-9-19(10-12-21)24-15-25-29-13-6-14-32(25)30-24/h6,9-16,20,22H,3-5,7-8,17-18H2,1-2H3,(H,36,37). The average molecular weight is 533 g/mol. The highest BCUT2D eigenvalue weighted by atomic mass is 16.5. The van der Waals surface area contributed by atoms with E-state index in [1.165, 1.54) is 15.8 Å². The highest BCUT2D eigenvalue weighted by molar-refractivity contribution is 6.02. The van der Waals surface area contributed by atoms with E-state index in [0.29, 0.717) is 5.69 Å². The lowest BCUT2D eigenvalue weighted by atomic mass is 9.88. The zero-order chi connectivity index (χ0) is 27.4. The van der Waals surface area contributed by atoms with E-state index in [-0.39, 0.29) is 36.4 Å². The molecular formula is C28H32N6O5. The van der Waals surface area contributed by atoms with Gasteiger partial charge < -0.3 is 14.6 Å². The Morgan fingerprint density at radius 1 is 1.08 bits per heavy atom. The first-order chi connectivity index (χ1) is 19.0. The molecule has 3 heterocycles. The average Bonchev–Trinajstić information content (AvgIpc) is 3.59. The van der Waals surface area contributed by atoms with Gasteiger partial charge in [0.05, 0.1) is 30.6 Å². The van der Waals surface area contributed by atoms with Crippen LogP contribution < -0.4 is 4.90 Å². The van der Waals surface area contributed by atoms with Crippen LogP contribution in [-0.4, -0.2) is 74.8 Å². The van der Waals surface area contributed by atoms with Crippen LogP contribution in [-0.2, 0) is 14.3 Å². The Morgan fingerprint density at radius 2 is 1.79 bits per heavy atom. The Labute approximate surface area is 226 Å². The van der Waals surface area contributed by atoms with E-state index in [0.717, 1.165) is 49.0 Å². The van der Waals surface area contributed by atoms with E-state index in [4.69, 9.17) is 9.47 Å². The van der Waals surface area contributed by atoms with Crippen molar-refractivity contribution in [2.24, 2.45) is 5.92 Å². The number of hydrogen-bond acceptors (Lipinski definition) is 7. The molecule has 11 heteroatoms. The lowest BCUT2D eigenvalue weighted by molar-refractivity contribution is -0.124. The molecule has 3 aromatic heterocycles. The fraction of sp³-hybridized carbons (Fsp3) is 0.393. The Hall–Kier alpha value is -4.09. The Morgan fingerprint density at radius 3 is 2.44 bits per heavy atom. The van der Waals surface area contributed by atoms with Gasteiger partial charge in [0.25, 0.3) is 0 Å². The van der Waals surface area contributed by atoms with Crippen LogP contribution in [0.25, 0.3) is 22.6 Å². The van der Waals surface area contributed by atoms with E-state index < -0.39 is 12.0 Å². The van der Waals surface area contributed by atoms with Gasteiger partial charge in [-0.3, -0.25) is 9.69 Å². The summed E-state index contributed by atoms with van der Waals surface area (Å²) in [6.45, 7) is 0.363. The second kappa shape index (κ2) is 11.7. The van der Waals surface area contributed by atoms with Crippen molar-refractivity contribution in [1.29, 1.82) is 0 Å². The minimum Gasteiger partial charge on any atom is -0.477 e. The number of carboxylic acid groups (broad SMARTS) is 1. The Balaban J connectivity index is 1.51. The van der Waals surface area contributed by atoms with Crippen molar-refractivity contribution >= 4 is 23.3 Å². The normalized spacial score (nSPS) is 14.2. The molecule has 0 bridgehead atoms. The van der Waals surface area contributed by atoms with E-state index in [1.54, 1.807) is 24.9 Å². The van der Waals surface area contributed by atoms with Gasteiger partial charge in [0.15, 0.2) is 11.5 Å². The van der Waals surface area contributed by atoms with Gasteiger partial charge in [0.2, 0.25) is 5.91 Å². The summed E-state index contributed by atoms with van der Waals surface area (Å²) in [4.78, 5) is 32.0. The minimum atomic E-state index is -1.17. The Kier molecular flexibility index (Phi) is 7.99. The number of ether oxygens (including phenoxy) is 2. The molecule has 1 N–H and O–H groups in total. The maximum Gasteiger partial charge on any atom is 0.341 e. The molecule has 1 aromatic carbocycles. The topological polar surface area (TPSA) is 124 Å². The third-order valence-electron chi connectivity index (χ3n) is 7.09. The second-order valence-corrected chi connectivity index (χ2v) is 9.72. The molecular weight excluding hydrogens is 500 g/mol. The summed E-state index contributed by atoms with van der Waals surface area (Å²) in [6, 6.07) is 10.6. The molecule has 4 aromatic rings. The molecule has 0 spiro atoms. The van der Waals surface area contributed by atoms with Crippen molar-refractivity contribution in [1.82, 2.24) is 24.4 Å². The van der Waals surface area contributed by atoms with Crippen LogP contribution in [0, 0.1) is 5.92 Å². The van der Waals surface area contributed by atoms with Crippen LogP contribution in [0.3, 0.4) is 0 Å². The van der Waals surface area contributed by atoms with Crippen LogP contribution in [0.2, 0.25) is 0 Å². The van der Waals surface area contributed by atoms with Crippen LogP contribution in [0.4, 0.5) is 5.82 Å². The van der Waals surface area contributed by atoms with Crippen molar-refractivity contribution in [2.45, 2.75) is 38.1 Å². The number of benzene rings is 1. The number of carbonyl (C=O) groups excluding carboxylic acids is 1. The second-order valence-electron chi connectivity index (χ2n) is 9.72. The van der Waals surface area contributed by atoms with Gasteiger partial charge in [-0.05, 0) is 31.0 Å². The van der Waals surface area contributed by atoms with Crippen LogP contribution >= 0.6 is 0 Å². The number of carbonyl (C=O) groups is 2. The third kappa shape index (κ3) is 5.55. The van der Waals surface area contributed by atoms with Gasteiger partial charge in [-0.25, -0.2) is 19.0 Å². The zero-order valence-corrected chi connectivity index (χ0v) is 22.1. The van der Waals surface area contributed by atoms with Gasteiger partial charge in [-0.2, -0.15) is 5.10 Å². The van der Waals surface area contributed by atoms with Crippen molar-refractivity contribution in [2.75, 3.05) is 32.3 Å². The lowest BCUT2D eigenvalue weighted by Gasteiger charge is -2.33. The SMILES string of the molecule is COCC(COC)N(C(=O)C1CCCCC1)c1nn(-c2ccc(-c3cc4ncccn4n3)cc2)cc1C(=O)O. The van der Waals surface area contributed by atoms with Crippen molar-refractivity contribution in [3.8, 4) is 16.9 Å². The number of amides is 1. The molecule has 1 aliphatic carbocycles. The summed E-state index contributed by atoms with van der Waals surface area (Å²) >= 11 is 0. The fourth-order valence-electron chi connectivity index (χ4n) is 5.17. The molecule has 1 saturated carbocycles. The molecule has 0 saturated heterocycles. The molecule has 204 valence electrons. The first-order valence-electron chi connectivity index (χ1n) is 13.0. The zero-order valence-electron chi connectivity index (χ0n) is 22.1. The highest BCUT2D eigenvalue weighted by Gasteiger charge is 2.36. The summed E-state index contributed by atoms with van der Waals surface area (Å²) in [6.07, 6.45) is 9.57.